The van der Waals surface area contributed by atoms with Gasteiger partial charge in [-0.25, -0.2) is 0 Å². The maximum atomic E-state index is 13.5. The van der Waals surface area contributed by atoms with Crippen molar-refractivity contribution in [3.05, 3.63) is 23.8 Å². The van der Waals surface area contributed by atoms with Crippen molar-refractivity contribution in [1.82, 2.24) is 5.32 Å². The number of aromatic hydroxyl groups is 1. The van der Waals surface area contributed by atoms with Gasteiger partial charge in [0.25, 0.3) is 5.92 Å². The van der Waals surface area contributed by atoms with Gasteiger partial charge in [0.15, 0.2) is 0 Å². The van der Waals surface area contributed by atoms with Gasteiger partial charge in [-0.2, -0.15) is 8.78 Å². The van der Waals surface area contributed by atoms with Gasteiger partial charge in [-0.1, -0.05) is 0 Å². The van der Waals surface area contributed by atoms with E-state index in [1.165, 1.54) is 26.3 Å². The number of phenols is 1. The predicted octanol–water partition coefficient (Wildman–Crippen LogP) is 1.71. The highest BCUT2D eigenvalue weighted by Crippen LogP contribution is 2.36. The fraction of sp³-hybridized carbons (Fsp3) is 0.400. The molecule has 0 saturated heterocycles. The smallest absolute Gasteiger partial charge is 0.289 e. The molecule has 1 rings (SSSR count). The van der Waals surface area contributed by atoms with Crippen LogP contribution in [0.3, 0.4) is 0 Å². The summed E-state index contributed by atoms with van der Waals surface area (Å²) in [7, 11) is 2.74. The summed E-state index contributed by atoms with van der Waals surface area (Å²) in [6.07, 6.45) is 0. The minimum Gasteiger partial charge on any atom is -0.508 e. The Labute approximate surface area is 86.7 Å². The van der Waals surface area contributed by atoms with Gasteiger partial charge < -0.3 is 15.2 Å². The zero-order chi connectivity index (χ0) is 11.5. The van der Waals surface area contributed by atoms with E-state index in [4.69, 9.17) is 9.84 Å². The lowest BCUT2D eigenvalue weighted by molar-refractivity contribution is -0.00361. The zero-order valence-electron chi connectivity index (χ0n) is 8.55. The van der Waals surface area contributed by atoms with Gasteiger partial charge in [-0.3, -0.25) is 0 Å². The summed E-state index contributed by atoms with van der Waals surface area (Å²) in [6.45, 7) is -0.507. The number of phenolic OH excluding ortho intramolecular Hbond substituents is 1. The summed E-state index contributed by atoms with van der Waals surface area (Å²) in [5, 5.41) is 11.5. The second kappa shape index (κ2) is 4.44. The molecule has 1 aromatic carbocycles. The number of alkyl halides is 2. The third-order valence-corrected chi connectivity index (χ3v) is 1.98. The van der Waals surface area contributed by atoms with Gasteiger partial charge in [0.1, 0.15) is 11.5 Å². The Hall–Kier alpha value is -1.36. The second-order valence-electron chi connectivity index (χ2n) is 3.12. The Morgan fingerprint density at radius 1 is 1.47 bits per heavy atom. The van der Waals surface area contributed by atoms with Crippen molar-refractivity contribution in [1.29, 1.82) is 0 Å². The van der Waals surface area contributed by atoms with Crippen molar-refractivity contribution in [2.24, 2.45) is 0 Å². The summed E-state index contributed by atoms with van der Waals surface area (Å²) < 4.78 is 31.9. The quantitative estimate of drug-likeness (QED) is 0.806. The summed E-state index contributed by atoms with van der Waals surface area (Å²) >= 11 is 0. The molecule has 3 nitrogen and oxygen atoms in total. The van der Waals surface area contributed by atoms with E-state index >= 15 is 0 Å². The SMILES string of the molecule is CNCC(F)(F)c1cc(O)ccc1OC. The first kappa shape index (κ1) is 11.7. The topological polar surface area (TPSA) is 41.5 Å². The molecule has 0 heterocycles. The van der Waals surface area contributed by atoms with Crippen molar-refractivity contribution in [3.8, 4) is 11.5 Å². The number of hydrogen-bond acceptors (Lipinski definition) is 3. The first-order valence-corrected chi connectivity index (χ1v) is 4.41. The van der Waals surface area contributed by atoms with Gasteiger partial charge in [0, 0.05) is 0 Å². The highest BCUT2D eigenvalue weighted by molar-refractivity contribution is 5.42. The molecule has 15 heavy (non-hydrogen) atoms. The van der Waals surface area contributed by atoms with E-state index in [0.29, 0.717) is 0 Å². The van der Waals surface area contributed by atoms with Crippen LogP contribution < -0.4 is 10.1 Å². The number of halogens is 2. The van der Waals surface area contributed by atoms with E-state index in [-0.39, 0.29) is 17.1 Å². The Bertz CT molecular complexity index is 342. The van der Waals surface area contributed by atoms with Crippen LogP contribution >= 0.6 is 0 Å². The van der Waals surface area contributed by atoms with Gasteiger partial charge in [-0.15, -0.1) is 0 Å². The van der Waals surface area contributed by atoms with Crippen LogP contribution in [0, 0.1) is 0 Å². The number of likely N-dealkylation sites (N-methyl/N-ethyl adjacent to an activating group) is 1. The number of hydrogen-bond donors (Lipinski definition) is 2. The standard InChI is InChI=1S/C10H13F2NO2/c1-13-6-10(11,12)8-5-7(14)3-4-9(8)15-2/h3-5,13-14H,6H2,1-2H3. The molecule has 0 aromatic heterocycles. The molecule has 0 aliphatic heterocycles. The maximum Gasteiger partial charge on any atom is 0.289 e. The maximum absolute atomic E-state index is 13.5. The van der Waals surface area contributed by atoms with Crippen LogP contribution in [-0.4, -0.2) is 25.8 Å². The first-order valence-electron chi connectivity index (χ1n) is 4.41. The number of ether oxygens (including phenoxy) is 1. The third kappa shape index (κ3) is 2.56. The van der Waals surface area contributed by atoms with Crippen molar-refractivity contribution in [2.45, 2.75) is 5.92 Å². The van der Waals surface area contributed by atoms with Crippen LogP contribution in [0.5, 0.6) is 11.5 Å². The lowest BCUT2D eigenvalue weighted by Gasteiger charge is -2.19. The van der Waals surface area contributed by atoms with Gasteiger partial charge in [0.05, 0.1) is 19.2 Å². The molecular weight excluding hydrogens is 204 g/mol. The molecule has 5 heteroatoms. The number of rotatable bonds is 4. The van der Waals surface area contributed by atoms with Gasteiger partial charge >= 0.3 is 0 Å². The van der Waals surface area contributed by atoms with Crippen LogP contribution in [0.1, 0.15) is 5.56 Å². The van der Waals surface area contributed by atoms with E-state index in [9.17, 15) is 8.78 Å². The molecule has 0 saturated carbocycles. The normalized spacial score (nSPS) is 11.5. The Kier molecular flexibility index (Phi) is 3.47. The predicted molar refractivity (Wildman–Crippen MR) is 52.5 cm³/mol. The highest BCUT2D eigenvalue weighted by atomic mass is 19.3. The summed E-state index contributed by atoms with van der Waals surface area (Å²) in [4.78, 5) is 0. The largest absolute Gasteiger partial charge is 0.508 e. The minimum absolute atomic E-state index is 0.0630. The van der Waals surface area contributed by atoms with Crippen molar-refractivity contribution in [3.63, 3.8) is 0 Å². The zero-order valence-corrected chi connectivity index (χ0v) is 8.55. The van der Waals surface area contributed by atoms with E-state index in [0.717, 1.165) is 6.07 Å². The summed E-state index contributed by atoms with van der Waals surface area (Å²) in [5.74, 6) is -3.21. The van der Waals surface area contributed by atoms with Crippen LogP contribution in [-0.2, 0) is 5.92 Å². The molecule has 0 amide bonds. The van der Waals surface area contributed by atoms with Crippen LogP contribution in [0.15, 0.2) is 18.2 Å². The van der Waals surface area contributed by atoms with E-state index < -0.39 is 12.5 Å². The number of benzene rings is 1. The average molecular weight is 217 g/mol. The summed E-state index contributed by atoms with van der Waals surface area (Å²) in [6, 6.07) is 3.63. The monoisotopic (exact) mass is 217 g/mol. The second-order valence-corrected chi connectivity index (χ2v) is 3.12. The van der Waals surface area contributed by atoms with Crippen LogP contribution in [0.2, 0.25) is 0 Å². The lowest BCUT2D eigenvalue weighted by Crippen LogP contribution is -2.28. The number of methoxy groups -OCH3 is 1. The van der Waals surface area contributed by atoms with E-state index in [1.54, 1.807) is 0 Å². The van der Waals surface area contributed by atoms with Gasteiger partial charge in [-0.05, 0) is 25.2 Å². The highest BCUT2D eigenvalue weighted by Gasteiger charge is 2.34. The molecule has 0 radical (unpaired) electrons. The molecule has 0 aliphatic carbocycles. The lowest BCUT2D eigenvalue weighted by atomic mass is 10.1. The molecule has 0 fully saturated rings. The molecule has 0 unspecified atom stereocenters. The molecule has 2 N–H and O–H groups in total. The summed E-state index contributed by atoms with van der Waals surface area (Å²) in [5.41, 5.74) is -0.320. The molecular formula is C10H13F2NO2. The molecule has 0 aliphatic rings. The van der Waals surface area contributed by atoms with Crippen LogP contribution in [0.4, 0.5) is 8.78 Å². The Balaban J connectivity index is 3.15. The molecule has 0 bridgehead atoms. The third-order valence-electron chi connectivity index (χ3n) is 1.98. The molecule has 0 atom stereocenters. The molecule has 84 valence electrons. The van der Waals surface area contributed by atoms with Gasteiger partial charge in [0.2, 0.25) is 0 Å². The Morgan fingerprint density at radius 3 is 2.67 bits per heavy atom. The van der Waals surface area contributed by atoms with Crippen molar-refractivity contribution in [2.75, 3.05) is 20.7 Å². The van der Waals surface area contributed by atoms with Crippen molar-refractivity contribution < 1.29 is 18.6 Å². The van der Waals surface area contributed by atoms with Crippen molar-refractivity contribution >= 4 is 0 Å². The molecule has 1 aromatic rings. The van der Waals surface area contributed by atoms with E-state index in [1.807, 2.05) is 0 Å². The minimum atomic E-state index is -3.07. The molecule has 0 spiro atoms. The fourth-order valence-corrected chi connectivity index (χ4v) is 1.30. The Morgan fingerprint density at radius 2 is 2.13 bits per heavy atom. The fourth-order valence-electron chi connectivity index (χ4n) is 1.30. The number of nitrogens with one attached hydrogen (secondary N) is 1. The van der Waals surface area contributed by atoms with E-state index in [2.05, 4.69) is 5.32 Å². The average Bonchev–Trinajstić information content (AvgIpc) is 2.17. The first-order chi connectivity index (χ1) is 7.01. The van der Waals surface area contributed by atoms with Crippen LogP contribution in [0.25, 0.3) is 0 Å².